The minimum absolute atomic E-state index is 0.568. The van der Waals surface area contributed by atoms with Crippen LogP contribution in [0.15, 0.2) is 12.1 Å². The Hall–Kier alpha value is -1.91. The van der Waals surface area contributed by atoms with Gasteiger partial charge in [-0.05, 0) is 12.3 Å². The van der Waals surface area contributed by atoms with Gasteiger partial charge in [0.2, 0.25) is 5.95 Å². The largest absolute Gasteiger partial charge is 0.493 e. The highest BCUT2D eigenvalue weighted by atomic mass is 16.5. The fourth-order valence-corrected chi connectivity index (χ4v) is 3.32. The van der Waals surface area contributed by atoms with Crippen molar-refractivity contribution < 1.29 is 9.47 Å². The number of aryl methyl sites for hydroxylation is 1. The lowest BCUT2D eigenvalue weighted by molar-refractivity contribution is 0.355. The van der Waals surface area contributed by atoms with E-state index >= 15 is 0 Å². The molecule has 0 atom stereocenters. The van der Waals surface area contributed by atoms with Crippen LogP contribution in [0, 0.1) is 5.92 Å². The lowest BCUT2D eigenvalue weighted by atomic mass is 10.0. The Bertz CT molecular complexity index is 630. The minimum atomic E-state index is 0.568. The van der Waals surface area contributed by atoms with Gasteiger partial charge in [0.15, 0.2) is 11.5 Å². The number of nitrogens with two attached hydrogens (primary N) is 1. The molecule has 5 nitrogen and oxygen atoms in total. The standard InChI is InChI=1S/C16H23N3O2/c1-20-14-9-12-13(10-15(14)21-2)19(16(17)18-12)8-7-11-5-3-4-6-11/h9-11H,3-8H2,1-2H3,(H2,17,18). The molecule has 0 radical (unpaired) electrons. The predicted octanol–water partition coefficient (Wildman–Crippen LogP) is 3.22. The number of nitrogen functional groups attached to an aromatic ring is 1. The van der Waals surface area contributed by atoms with Gasteiger partial charge in [-0.25, -0.2) is 4.98 Å². The van der Waals surface area contributed by atoms with Crippen molar-refractivity contribution in [2.24, 2.45) is 5.92 Å². The fraction of sp³-hybridized carbons (Fsp3) is 0.562. The highest BCUT2D eigenvalue weighted by molar-refractivity contribution is 5.82. The van der Waals surface area contributed by atoms with E-state index < -0.39 is 0 Å². The van der Waals surface area contributed by atoms with Crippen LogP contribution in [-0.4, -0.2) is 23.8 Å². The Morgan fingerprint density at radius 1 is 1.19 bits per heavy atom. The van der Waals surface area contributed by atoms with Crippen LogP contribution in [0.3, 0.4) is 0 Å². The summed E-state index contributed by atoms with van der Waals surface area (Å²) >= 11 is 0. The SMILES string of the molecule is COc1cc2nc(N)n(CCC3CCCC3)c2cc1OC. The molecule has 2 aromatic rings. The molecule has 0 bridgehead atoms. The molecule has 0 amide bonds. The average Bonchev–Trinajstić information content (AvgIpc) is 3.10. The van der Waals surface area contributed by atoms with Gasteiger partial charge in [0.25, 0.3) is 0 Å². The van der Waals surface area contributed by atoms with E-state index in [0.717, 1.165) is 23.5 Å². The summed E-state index contributed by atoms with van der Waals surface area (Å²) in [7, 11) is 3.27. The topological polar surface area (TPSA) is 62.3 Å². The molecule has 21 heavy (non-hydrogen) atoms. The smallest absolute Gasteiger partial charge is 0.201 e. The number of hydrogen-bond acceptors (Lipinski definition) is 4. The Morgan fingerprint density at radius 3 is 2.52 bits per heavy atom. The molecule has 114 valence electrons. The molecular weight excluding hydrogens is 266 g/mol. The second-order valence-corrected chi connectivity index (χ2v) is 5.76. The number of benzene rings is 1. The molecule has 1 fully saturated rings. The molecule has 1 aliphatic carbocycles. The van der Waals surface area contributed by atoms with Crippen molar-refractivity contribution in [3.8, 4) is 11.5 Å². The number of fused-ring (bicyclic) bond motifs is 1. The Balaban J connectivity index is 1.91. The van der Waals surface area contributed by atoms with Crippen molar-refractivity contribution in [2.45, 2.75) is 38.6 Å². The molecule has 0 saturated heterocycles. The number of ether oxygens (including phenoxy) is 2. The molecule has 1 heterocycles. The molecule has 0 unspecified atom stereocenters. The zero-order valence-electron chi connectivity index (χ0n) is 12.8. The first-order valence-electron chi connectivity index (χ1n) is 7.60. The van der Waals surface area contributed by atoms with Gasteiger partial charge in [-0.3, -0.25) is 0 Å². The number of anilines is 1. The minimum Gasteiger partial charge on any atom is -0.493 e. The maximum atomic E-state index is 6.09. The third-order valence-corrected chi connectivity index (χ3v) is 4.52. The fourth-order valence-electron chi connectivity index (χ4n) is 3.32. The number of methoxy groups -OCH3 is 2. The van der Waals surface area contributed by atoms with Crippen LogP contribution in [0.1, 0.15) is 32.1 Å². The number of aromatic nitrogens is 2. The average molecular weight is 289 g/mol. The number of hydrogen-bond donors (Lipinski definition) is 1. The second-order valence-electron chi connectivity index (χ2n) is 5.76. The summed E-state index contributed by atoms with van der Waals surface area (Å²) in [6, 6.07) is 3.85. The normalized spacial score (nSPS) is 15.7. The number of nitrogens with zero attached hydrogens (tertiary/aromatic N) is 2. The van der Waals surface area contributed by atoms with Gasteiger partial charge < -0.3 is 19.8 Å². The summed E-state index contributed by atoms with van der Waals surface area (Å²) < 4.78 is 12.8. The van der Waals surface area contributed by atoms with Crippen LogP contribution >= 0.6 is 0 Å². The third kappa shape index (κ3) is 2.64. The van der Waals surface area contributed by atoms with Crippen molar-refractivity contribution in [3.63, 3.8) is 0 Å². The maximum Gasteiger partial charge on any atom is 0.201 e. The van der Waals surface area contributed by atoms with Crippen LogP contribution in [0.4, 0.5) is 5.95 Å². The highest BCUT2D eigenvalue weighted by Gasteiger charge is 2.17. The summed E-state index contributed by atoms with van der Waals surface area (Å²) in [6.07, 6.45) is 6.61. The molecule has 1 saturated carbocycles. The van der Waals surface area contributed by atoms with Crippen LogP contribution in [0.25, 0.3) is 11.0 Å². The maximum absolute atomic E-state index is 6.09. The molecule has 0 aliphatic heterocycles. The van der Waals surface area contributed by atoms with Gasteiger partial charge in [0.1, 0.15) is 0 Å². The quantitative estimate of drug-likeness (QED) is 0.918. The van der Waals surface area contributed by atoms with Crippen molar-refractivity contribution in [1.82, 2.24) is 9.55 Å². The van der Waals surface area contributed by atoms with E-state index in [9.17, 15) is 0 Å². The van der Waals surface area contributed by atoms with E-state index in [-0.39, 0.29) is 0 Å². The van der Waals surface area contributed by atoms with E-state index in [1.54, 1.807) is 14.2 Å². The van der Waals surface area contributed by atoms with Crippen LogP contribution in [-0.2, 0) is 6.54 Å². The Labute approximate surface area is 125 Å². The highest BCUT2D eigenvalue weighted by Crippen LogP contribution is 2.34. The van der Waals surface area contributed by atoms with E-state index in [2.05, 4.69) is 9.55 Å². The summed E-state index contributed by atoms with van der Waals surface area (Å²) in [4.78, 5) is 4.45. The molecule has 1 aromatic carbocycles. The van der Waals surface area contributed by atoms with Gasteiger partial charge >= 0.3 is 0 Å². The van der Waals surface area contributed by atoms with Gasteiger partial charge in [-0.15, -0.1) is 0 Å². The summed E-state index contributed by atoms with van der Waals surface area (Å²) in [5, 5.41) is 0. The lowest BCUT2D eigenvalue weighted by Gasteiger charge is -2.12. The predicted molar refractivity (Wildman–Crippen MR) is 83.8 cm³/mol. The third-order valence-electron chi connectivity index (χ3n) is 4.52. The lowest BCUT2D eigenvalue weighted by Crippen LogP contribution is -2.07. The first-order chi connectivity index (χ1) is 10.2. The first-order valence-corrected chi connectivity index (χ1v) is 7.60. The molecule has 3 rings (SSSR count). The van der Waals surface area contributed by atoms with Gasteiger partial charge in [0.05, 0.1) is 25.3 Å². The molecule has 2 N–H and O–H groups in total. The monoisotopic (exact) mass is 289 g/mol. The van der Waals surface area contributed by atoms with Crippen molar-refractivity contribution in [1.29, 1.82) is 0 Å². The van der Waals surface area contributed by atoms with Crippen molar-refractivity contribution >= 4 is 17.0 Å². The van der Waals surface area contributed by atoms with E-state index in [1.807, 2.05) is 12.1 Å². The van der Waals surface area contributed by atoms with Gasteiger partial charge in [-0.2, -0.15) is 0 Å². The van der Waals surface area contributed by atoms with E-state index in [1.165, 1.54) is 32.1 Å². The summed E-state index contributed by atoms with van der Waals surface area (Å²) in [5.74, 6) is 2.80. The Kier molecular flexibility index (Phi) is 3.90. The number of rotatable bonds is 5. The second kappa shape index (κ2) is 5.84. The molecule has 1 aliphatic rings. The van der Waals surface area contributed by atoms with Crippen molar-refractivity contribution in [3.05, 3.63) is 12.1 Å². The zero-order valence-corrected chi connectivity index (χ0v) is 12.8. The molecule has 5 heteroatoms. The summed E-state index contributed by atoms with van der Waals surface area (Å²) in [6.45, 7) is 0.919. The molecule has 1 aromatic heterocycles. The molecule has 0 spiro atoms. The molecular formula is C16H23N3O2. The summed E-state index contributed by atoms with van der Waals surface area (Å²) in [5.41, 5.74) is 7.97. The van der Waals surface area contributed by atoms with Crippen LogP contribution in [0.5, 0.6) is 11.5 Å². The van der Waals surface area contributed by atoms with Gasteiger partial charge in [0, 0.05) is 18.7 Å². The van der Waals surface area contributed by atoms with Crippen LogP contribution in [0.2, 0.25) is 0 Å². The first kappa shape index (κ1) is 14.0. The zero-order chi connectivity index (χ0) is 14.8. The van der Waals surface area contributed by atoms with Crippen LogP contribution < -0.4 is 15.2 Å². The van der Waals surface area contributed by atoms with E-state index in [0.29, 0.717) is 17.4 Å². The number of imidazole rings is 1. The Morgan fingerprint density at radius 2 is 1.86 bits per heavy atom. The van der Waals surface area contributed by atoms with E-state index in [4.69, 9.17) is 15.2 Å². The van der Waals surface area contributed by atoms with Crippen molar-refractivity contribution in [2.75, 3.05) is 20.0 Å². The van der Waals surface area contributed by atoms with Gasteiger partial charge in [-0.1, -0.05) is 25.7 Å².